The summed E-state index contributed by atoms with van der Waals surface area (Å²) in [4.78, 5) is 14.8. The molecule has 0 spiro atoms. The van der Waals surface area contributed by atoms with Gasteiger partial charge in [-0.2, -0.15) is 5.26 Å². The standard InChI is InChI=1S/C31H29ClF2N6O3/c1-3-30(41,26-14-39(2)19-38-26)23-8-21-13-40(15-27-36-11-20(10-35)12-37-27)31(28(21)25(33)9-23,22-4-6-24(32)7-5-22)43-18-29(34)16-42-17-29/h4-9,11-12,14,19,41H,3,13,15-18H2,1-2H3/t30?,31-/m1/s1. The Balaban J connectivity index is 1.52. The predicted molar refractivity (Wildman–Crippen MR) is 152 cm³/mol. The summed E-state index contributed by atoms with van der Waals surface area (Å²) in [5, 5.41) is 21.5. The molecule has 0 amide bonds. The van der Waals surface area contributed by atoms with E-state index in [0.29, 0.717) is 38.8 Å². The molecule has 9 nitrogen and oxygen atoms in total. The first kappa shape index (κ1) is 29.3. The number of aryl methyl sites for hydroxylation is 1. The monoisotopic (exact) mass is 606 g/mol. The first-order chi connectivity index (χ1) is 20.6. The Morgan fingerprint density at radius 1 is 1.19 bits per heavy atom. The molecule has 1 saturated heterocycles. The molecule has 4 heterocycles. The van der Waals surface area contributed by atoms with E-state index in [9.17, 15) is 10.4 Å². The van der Waals surface area contributed by atoms with Gasteiger partial charge in [0.15, 0.2) is 11.4 Å². The van der Waals surface area contributed by atoms with Crippen LogP contribution in [-0.4, -0.2) is 55.0 Å². The number of aromatic nitrogens is 4. The predicted octanol–water partition coefficient (Wildman–Crippen LogP) is 4.49. The van der Waals surface area contributed by atoms with Gasteiger partial charge in [-0.15, -0.1) is 0 Å². The molecule has 0 aliphatic carbocycles. The van der Waals surface area contributed by atoms with Gasteiger partial charge in [0, 0.05) is 48.3 Å². The largest absolute Gasteiger partial charge is 0.379 e. The molecule has 222 valence electrons. The van der Waals surface area contributed by atoms with Gasteiger partial charge in [0.25, 0.3) is 0 Å². The summed E-state index contributed by atoms with van der Waals surface area (Å²) in [6.45, 7) is 1.40. The lowest BCUT2D eigenvalue weighted by Gasteiger charge is -2.43. The van der Waals surface area contributed by atoms with Crippen LogP contribution in [0.2, 0.25) is 5.02 Å². The summed E-state index contributed by atoms with van der Waals surface area (Å²) in [5.41, 5.74) is -2.63. The first-order valence-corrected chi connectivity index (χ1v) is 14.1. The molecule has 12 heteroatoms. The molecule has 2 aliphatic heterocycles. The number of hydrogen-bond acceptors (Lipinski definition) is 8. The Kier molecular flexibility index (Phi) is 7.52. The zero-order valence-electron chi connectivity index (χ0n) is 23.6. The summed E-state index contributed by atoms with van der Waals surface area (Å²) in [5.74, 6) is -0.277. The van der Waals surface area contributed by atoms with Crippen molar-refractivity contribution >= 4 is 11.6 Å². The minimum Gasteiger partial charge on any atom is -0.379 e. The molecule has 0 bridgehead atoms. The summed E-state index contributed by atoms with van der Waals surface area (Å²) in [6, 6.07) is 11.8. The van der Waals surface area contributed by atoms with Crippen molar-refractivity contribution in [3.05, 3.63) is 111 Å². The molecule has 43 heavy (non-hydrogen) atoms. The van der Waals surface area contributed by atoms with Crippen LogP contribution in [0.5, 0.6) is 0 Å². The lowest BCUT2D eigenvalue weighted by molar-refractivity contribution is -0.213. The van der Waals surface area contributed by atoms with E-state index in [1.165, 1.54) is 18.5 Å². The molecule has 6 rings (SSSR count). The van der Waals surface area contributed by atoms with Crippen molar-refractivity contribution in [2.45, 2.75) is 43.4 Å². The van der Waals surface area contributed by atoms with Crippen LogP contribution in [0.4, 0.5) is 8.78 Å². The smallest absolute Gasteiger partial charge is 0.180 e. The average Bonchev–Trinajstić information content (AvgIpc) is 3.57. The Morgan fingerprint density at radius 2 is 1.91 bits per heavy atom. The molecule has 2 aliphatic rings. The maximum absolute atomic E-state index is 16.7. The third-order valence-electron chi connectivity index (χ3n) is 8.10. The number of nitrogens with zero attached hydrogens (tertiary/aromatic N) is 6. The SMILES string of the molecule is CCC(O)(c1cc(F)c2c(c1)CN(Cc1ncc(C#N)cn1)[C@@]2(OCC1(F)COC1)c1ccc(Cl)cc1)c1cn(C)cn1. The Hall–Kier alpha value is -3.79. The molecular weight excluding hydrogens is 578 g/mol. The van der Waals surface area contributed by atoms with Crippen molar-refractivity contribution in [3.63, 3.8) is 0 Å². The van der Waals surface area contributed by atoms with Gasteiger partial charge in [-0.3, -0.25) is 4.90 Å². The summed E-state index contributed by atoms with van der Waals surface area (Å²) in [6.07, 6.45) is 6.34. The van der Waals surface area contributed by atoms with Gasteiger partial charge in [0.05, 0.1) is 44.0 Å². The van der Waals surface area contributed by atoms with Crippen molar-refractivity contribution < 1.29 is 23.4 Å². The minimum atomic E-state index is -1.74. The molecule has 2 aromatic carbocycles. The number of halogens is 3. The third-order valence-corrected chi connectivity index (χ3v) is 8.35. The maximum atomic E-state index is 16.7. The number of ether oxygens (including phenoxy) is 2. The Labute approximate surface area is 252 Å². The first-order valence-electron chi connectivity index (χ1n) is 13.8. The van der Waals surface area contributed by atoms with E-state index in [0.717, 1.165) is 0 Å². The molecule has 1 unspecified atom stereocenters. The van der Waals surface area contributed by atoms with E-state index in [4.69, 9.17) is 21.1 Å². The fraction of sp³-hybridized carbons (Fsp3) is 0.355. The van der Waals surface area contributed by atoms with Crippen molar-refractivity contribution in [1.82, 2.24) is 24.4 Å². The second-order valence-electron chi connectivity index (χ2n) is 11.1. The van der Waals surface area contributed by atoms with Gasteiger partial charge in [0.1, 0.15) is 23.3 Å². The van der Waals surface area contributed by atoms with Gasteiger partial charge < -0.3 is 19.1 Å². The van der Waals surface area contributed by atoms with Gasteiger partial charge in [-0.05, 0) is 35.7 Å². The fourth-order valence-electron chi connectivity index (χ4n) is 5.76. The zero-order chi connectivity index (χ0) is 30.4. The highest BCUT2D eigenvalue weighted by Crippen LogP contribution is 2.49. The highest BCUT2D eigenvalue weighted by atomic mass is 35.5. The van der Waals surface area contributed by atoms with E-state index in [-0.39, 0.29) is 44.9 Å². The number of nitriles is 1. The van der Waals surface area contributed by atoms with Gasteiger partial charge >= 0.3 is 0 Å². The summed E-state index contributed by atoms with van der Waals surface area (Å²) >= 11 is 6.23. The van der Waals surface area contributed by atoms with Crippen LogP contribution in [0, 0.1) is 17.1 Å². The number of alkyl halides is 1. The zero-order valence-corrected chi connectivity index (χ0v) is 24.4. The molecular formula is C31H29ClF2N6O3. The topological polar surface area (TPSA) is 109 Å². The number of benzene rings is 2. The van der Waals surface area contributed by atoms with Crippen molar-refractivity contribution in [2.75, 3.05) is 19.8 Å². The fourth-order valence-corrected chi connectivity index (χ4v) is 5.89. The van der Waals surface area contributed by atoms with Crippen LogP contribution in [0.3, 0.4) is 0 Å². The number of hydrogen-bond donors (Lipinski definition) is 1. The number of imidazole rings is 1. The molecule has 1 fully saturated rings. The molecule has 2 aromatic heterocycles. The van der Waals surface area contributed by atoms with Crippen LogP contribution in [0.25, 0.3) is 0 Å². The molecule has 0 saturated carbocycles. The lowest BCUT2D eigenvalue weighted by atomic mass is 9.84. The van der Waals surface area contributed by atoms with Crippen molar-refractivity contribution in [2.24, 2.45) is 7.05 Å². The second kappa shape index (κ2) is 11.0. The molecule has 0 radical (unpaired) electrons. The second-order valence-corrected chi connectivity index (χ2v) is 11.5. The van der Waals surface area contributed by atoms with Crippen LogP contribution in [0.1, 0.15) is 52.7 Å². The van der Waals surface area contributed by atoms with Gasteiger partial charge in [-0.1, -0.05) is 36.7 Å². The number of fused-ring (bicyclic) bond motifs is 1. The van der Waals surface area contributed by atoms with Crippen LogP contribution in [-0.2, 0) is 40.9 Å². The quantitative estimate of drug-likeness (QED) is 0.297. The average molecular weight is 607 g/mol. The van der Waals surface area contributed by atoms with E-state index in [1.807, 2.05) is 11.0 Å². The van der Waals surface area contributed by atoms with Crippen molar-refractivity contribution in [3.8, 4) is 6.07 Å². The van der Waals surface area contributed by atoms with Gasteiger partial charge in [-0.25, -0.2) is 23.7 Å². The van der Waals surface area contributed by atoms with Crippen LogP contribution >= 0.6 is 11.6 Å². The van der Waals surface area contributed by atoms with E-state index in [2.05, 4.69) is 15.0 Å². The summed E-state index contributed by atoms with van der Waals surface area (Å²) in [7, 11) is 1.79. The Bertz CT molecular complexity index is 1690. The van der Waals surface area contributed by atoms with E-state index >= 15 is 8.78 Å². The highest BCUT2D eigenvalue weighted by molar-refractivity contribution is 6.30. The van der Waals surface area contributed by atoms with Crippen LogP contribution in [0.15, 0.2) is 61.3 Å². The number of aliphatic hydroxyl groups is 1. The Morgan fingerprint density at radius 3 is 2.49 bits per heavy atom. The molecule has 4 aromatic rings. The summed E-state index contributed by atoms with van der Waals surface area (Å²) < 4.78 is 45.4. The maximum Gasteiger partial charge on any atom is 0.180 e. The highest BCUT2D eigenvalue weighted by Gasteiger charge is 2.53. The van der Waals surface area contributed by atoms with E-state index < -0.39 is 22.8 Å². The van der Waals surface area contributed by atoms with Crippen LogP contribution < -0.4 is 0 Å². The number of rotatable bonds is 9. The molecule has 2 atom stereocenters. The van der Waals surface area contributed by atoms with E-state index in [1.54, 1.807) is 61.4 Å². The normalized spacial score (nSPS) is 20.7. The lowest BCUT2D eigenvalue weighted by Crippen LogP contribution is -2.53. The minimum absolute atomic E-state index is 0.0753. The van der Waals surface area contributed by atoms with Crippen molar-refractivity contribution in [1.29, 1.82) is 5.26 Å². The molecule has 1 N–H and O–H groups in total. The third kappa shape index (κ3) is 5.09. The van der Waals surface area contributed by atoms with Gasteiger partial charge in [0.2, 0.25) is 0 Å².